The summed E-state index contributed by atoms with van der Waals surface area (Å²) in [6.45, 7) is 6.39. The van der Waals surface area contributed by atoms with Crippen LogP contribution in [-0.4, -0.2) is 148 Å². The molecule has 3 fully saturated rings. The first kappa shape index (κ1) is 40.6. The van der Waals surface area contributed by atoms with Gasteiger partial charge >= 0.3 is 5.97 Å². The van der Waals surface area contributed by atoms with E-state index in [0.717, 1.165) is 0 Å². The van der Waals surface area contributed by atoms with Crippen LogP contribution in [0.4, 0.5) is 0 Å². The molecular weight excluding hydrogens is 636 g/mol. The molecule has 2 heterocycles. The molecule has 1 saturated carbocycles. The summed E-state index contributed by atoms with van der Waals surface area (Å²) < 4.78 is 30.5. The largest absolute Gasteiger partial charge is 0.479 e. The van der Waals surface area contributed by atoms with Crippen LogP contribution in [0.15, 0.2) is 0 Å². The summed E-state index contributed by atoms with van der Waals surface area (Å²) >= 11 is 0. The highest BCUT2D eigenvalue weighted by Gasteiger charge is 2.52. The molecule has 6 unspecified atom stereocenters. The van der Waals surface area contributed by atoms with Crippen LogP contribution < -0.4 is 10.6 Å². The van der Waals surface area contributed by atoms with Gasteiger partial charge in [-0.2, -0.15) is 0 Å². The maximum atomic E-state index is 13.4. The van der Waals surface area contributed by atoms with Gasteiger partial charge in [0.15, 0.2) is 18.7 Å². The van der Waals surface area contributed by atoms with Crippen molar-refractivity contribution in [1.82, 2.24) is 10.6 Å². The van der Waals surface area contributed by atoms with Crippen molar-refractivity contribution in [3.8, 4) is 0 Å². The van der Waals surface area contributed by atoms with Crippen LogP contribution in [0.25, 0.3) is 0 Å². The Labute approximate surface area is 281 Å². The van der Waals surface area contributed by atoms with Gasteiger partial charge in [-0.25, -0.2) is 4.79 Å². The summed E-state index contributed by atoms with van der Waals surface area (Å²) in [7, 11) is 1.80. The number of aliphatic carboxylic acids is 1. The number of rotatable bonds is 17. The van der Waals surface area contributed by atoms with Gasteiger partial charge in [0.05, 0.1) is 24.9 Å². The van der Waals surface area contributed by atoms with Crippen molar-refractivity contribution in [2.24, 2.45) is 11.8 Å². The maximum absolute atomic E-state index is 13.4. The Balaban J connectivity index is 2.00. The third kappa shape index (κ3) is 10.1. The minimum atomic E-state index is -1.61. The molecule has 0 aromatic carbocycles. The Morgan fingerprint density at radius 3 is 2.23 bits per heavy atom. The number of hydrogen-bond donors (Lipinski definition) is 8. The van der Waals surface area contributed by atoms with Crippen LogP contribution in [0.3, 0.4) is 0 Å². The SMILES string of the molecule is CCC[C@H](OC1C(NC(C)=O)[C@H](O[C@@H]2CC(C(=O)CCCNC)CC(CC)[C@H]2O[C@@H]2OC(C)[C@@H](O)[C@H](O)C2O)O[C@@H](CO)[C@@H]1O)C(=O)O. The number of amides is 1. The minimum absolute atomic E-state index is 0.0218. The van der Waals surface area contributed by atoms with Crippen molar-refractivity contribution in [1.29, 1.82) is 0 Å². The molecule has 16 nitrogen and oxygen atoms in total. The third-order valence-corrected chi connectivity index (χ3v) is 9.54. The predicted octanol–water partition coefficient (Wildman–Crippen LogP) is -1.19. The summed E-state index contributed by atoms with van der Waals surface area (Å²) in [4.78, 5) is 37.9. The lowest BCUT2D eigenvalue weighted by molar-refractivity contribution is -0.338. The van der Waals surface area contributed by atoms with Gasteiger partial charge in [-0.05, 0) is 52.1 Å². The van der Waals surface area contributed by atoms with Crippen molar-refractivity contribution < 1.29 is 68.7 Å². The summed E-state index contributed by atoms with van der Waals surface area (Å²) in [5.74, 6) is -2.56. The van der Waals surface area contributed by atoms with E-state index in [9.17, 15) is 45.0 Å². The molecule has 15 atom stereocenters. The van der Waals surface area contributed by atoms with Crippen molar-refractivity contribution in [2.45, 2.75) is 152 Å². The zero-order chi connectivity index (χ0) is 35.7. The van der Waals surface area contributed by atoms with Gasteiger partial charge in [-0.1, -0.05) is 26.7 Å². The molecule has 16 heteroatoms. The van der Waals surface area contributed by atoms with Crippen LogP contribution in [0, 0.1) is 11.8 Å². The highest BCUT2D eigenvalue weighted by molar-refractivity contribution is 5.81. The van der Waals surface area contributed by atoms with Crippen molar-refractivity contribution >= 4 is 17.7 Å². The van der Waals surface area contributed by atoms with Crippen LogP contribution in [0.1, 0.15) is 72.6 Å². The predicted molar refractivity (Wildman–Crippen MR) is 167 cm³/mol. The number of carbonyl (C=O) groups is 3. The molecule has 0 aromatic rings. The molecule has 0 radical (unpaired) electrons. The number of ether oxygens (including phenoxy) is 5. The van der Waals surface area contributed by atoms with E-state index in [1.165, 1.54) is 13.8 Å². The lowest BCUT2D eigenvalue weighted by Crippen LogP contribution is -2.67. The molecule has 1 aliphatic carbocycles. The Morgan fingerprint density at radius 2 is 1.65 bits per heavy atom. The molecule has 1 amide bonds. The lowest BCUT2D eigenvalue weighted by Gasteiger charge is -2.49. The van der Waals surface area contributed by atoms with Gasteiger partial charge in [0, 0.05) is 19.3 Å². The average Bonchev–Trinajstić information content (AvgIpc) is 3.04. The van der Waals surface area contributed by atoms with E-state index in [1.807, 2.05) is 6.92 Å². The summed E-state index contributed by atoms with van der Waals surface area (Å²) in [6, 6.07) is -1.25. The molecule has 3 rings (SSSR count). The Bertz CT molecular complexity index is 1040. The second-order valence-corrected chi connectivity index (χ2v) is 13.1. The molecule has 3 aliphatic rings. The monoisotopic (exact) mass is 692 g/mol. The molecule has 0 bridgehead atoms. The molecule has 2 saturated heterocycles. The number of hydrogen-bond acceptors (Lipinski definition) is 14. The normalized spacial score (nSPS) is 39.5. The molecule has 0 aromatic heterocycles. The zero-order valence-corrected chi connectivity index (χ0v) is 28.5. The lowest BCUT2D eigenvalue weighted by atomic mass is 9.74. The minimum Gasteiger partial charge on any atom is -0.479 e. The Kier molecular flexibility index (Phi) is 16.0. The van der Waals surface area contributed by atoms with Gasteiger partial charge in [0.25, 0.3) is 0 Å². The van der Waals surface area contributed by atoms with Crippen molar-refractivity contribution in [3.63, 3.8) is 0 Å². The van der Waals surface area contributed by atoms with E-state index < -0.39 is 104 Å². The molecule has 0 spiro atoms. The fraction of sp³-hybridized carbons (Fsp3) is 0.906. The van der Waals surface area contributed by atoms with Crippen LogP contribution in [0.5, 0.6) is 0 Å². The number of carbonyl (C=O) groups excluding carboxylic acids is 2. The number of ketones is 1. The highest BCUT2D eigenvalue weighted by Crippen LogP contribution is 2.40. The van der Waals surface area contributed by atoms with Gasteiger partial charge in [0.1, 0.15) is 48.4 Å². The fourth-order valence-corrected chi connectivity index (χ4v) is 6.84. The van der Waals surface area contributed by atoms with E-state index >= 15 is 0 Å². The van der Waals surface area contributed by atoms with Crippen LogP contribution >= 0.6 is 0 Å². The van der Waals surface area contributed by atoms with Crippen LogP contribution in [-0.2, 0) is 38.1 Å². The first-order chi connectivity index (χ1) is 22.8. The molecule has 8 N–H and O–H groups in total. The smallest absolute Gasteiger partial charge is 0.332 e. The first-order valence-corrected chi connectivity index (χ1v) is 17.0. The molecule has 2 aliphatic heterocycles. The second kappa shape index (κ2) is 19.0. The number of aliphatic hydroxyl groups excluding tert-OH is 5. The van der Waals surface area contributed by atoms with E-state index in [1.54, 1.807) is 14.0 Å². The first-order valence-electron chi connectivity index (χ1n) is 17.0. The summed E-state index contributed by atoms with van der Waals surface area (Å²) in [5.41, 5.74) is 0. The Morgan fingerprint density at radius 1 is 0.938 bits per heavy atom. The van der Waals surface area contributed by atoms with Gasteiger partial charge in [0.2, 0.25) is 5.91 Å². The van der Waals surface area contributed by atoms with Gasteiger partial charge in [-0.3, -0.25) is 9.59 Å². The van der Waals surface area contributed by atoms with E-state index in [2.05, 4.69) is 10.6 Å². The van der Waals surface area contributed by atoms with Crippen molar-refractivity contribution in [3.05, 3.63) is 0 Å². The molecule has 48 heavy (non-hydrogen) atoms. The number of carboxylic acids is 1. The average molecular weight is 693 g/mol. The number of aliphatic hydroxyl groups is 5. The number of carboxylic acid groups (broad SMARTS) is 1. The third-order valence-electron chi connectivity index (χ3n) is 9.54. The summed E-state index contributed by atoms with van der Waals surface area (Å²) in [5, 5.41) is 68.2. The standard InChI is InChI=1S/C32H56N2O14/c1-6-9-20(30(42)43)45-29-23(34-16(4)36)31(47-22(14-35)25(29)39)46-21-13-18(19(37)10-8-11-33-5)12-17(7-2)28(21)48-32-27(41)26(40)24(38)15(3)44-32/h15,17-18,20-29,31-33,35,38-41H,6-14H2,1-5H3,(H,34,36)(H,42,43)/t15?,17?,18?,20-,21+,22-,23?,24+,25-,26-,27?,28+,29?,31+,32-/m0/s1. The summed E-state index contributed by atoms with van der Waals surface area (Å²) in [6.07, 6.45) is -12.9. The number of Topliss-reactive ketones (excluding diaryl/α,β-unsaturated/α-hetero) is 1. The van der Waals surface area contributed by atoms with Crippen LogP contribution in [0.2, 0.25) is 0 Å². The molecular formula is C32H56N2O14. The van der Waals surface area contributed by atoms with E-state index in [-0.39, 0.29) is 24.5 Å². The maximum Gasteiger partial charge on any atom is 0.332 e. The quantitative estimate of drug-likeness (QED) is 0.0836. The van der Waals surface area contributed by atoms with Gasteiger partial charge in [-0.15, -0.1) is 0 Å². The zero-order valence-electron chi connectivity index (χ0n) is 28.5. The Hall–Kier alpha value is -1.83. The van der Waals surface area contributed by atoms with Crippen molar-refractivity contribution in [2.75, 3.05) is 20.2 Å². The molecule has 278 valence electrons. The van der Waals surface area contributed by atoms with E-state index in [4.69, 9.17) is 23.7 Å². The van der Waals surface area contributed by atoms with Gasteiger partial charge < -0.3 is 65.0 Å². The highest BCUT2D eigenvalue weighted by atomic mass is 16.7. The number of nitrogens with one attached hydrogen (secondary N) is 2. The second-order valence-electron chi connectivity index (χ2n) is 13.1. The fourth-order valence-electron chi connectivity index (χ4n) is 6.84. The van der Waals surface area contributed by atoms with E-state index in [0.29, 0.717) is 38.6 Å². The topological polar surface area (TPSA) is 243 Å².